The van der Waals surface area contributed by atoms with E-state index in [1.54, 1.807) is 19.2 Å². The summed E-state index contributed by atoms with van der Waals surface area (Å²) in [5.41, 5.74) is 0.607. The first-order chi connectivity index (χ1) is 13.9. The predicted molar refractivity (Wildman–Crippen MR) is 129 cm³/mol. The standard InChI is InChI=1S/C21H36F2N4O2.HI/c1-6-13-28-18-10-9-17(19(14-18)29-20(22)23)15-26-21(24-4)25-11-7-8-12-27(5)16(2)3;/h9-10,14,16,20H,6-8,11-13,15H2,1-5H3,(H2,24,25,26);1H. The number of guanidine groups is 1. The molecule has 0 radical (unpaired) electrons. The summed E-state index contributed by atoms with van der Waals surface area (Å²) < 4.78 is 35.7. The average molecular weight is 542 g/mol. The number of benzene rings is 1. The van der Waals surface area contributed by atoms with Gasteiger partial charge in [-0.3, -0.25) is 4.99 Å². The zero-order chi connectivity index (χ0) is 21.6. The molecule has 0 fully saturated rings. The van der Waals surface area contributed by atoms with Crippen LogP contribution in [-0.4, -0.2) is 57.3 Å². The van der Waals surface area contributed by atoms with Crippen LogP contribution in [0.5, 0.6) is 11.5 Å². The van der Waals surface area contributed by atoms with Crippen molar-refractivity contribution in [3.05, 3.63) is 23.8 Å². The number of alkyl halides is 2. The first-order valence-electron chi connectivity index (χ1n) is 10.2. The van der Waals surface area contributed by atoms with E-state index in [1.165, 1.54) is 6.07 Å². The van der Waals surface area contributed by atoms with Gasteiger partial charge in [-0.1, -0.05) is 6.92 Å². The fourth-order valence-corrected chi connectivity index (χ4v) is 2.55. The molecule has 174 valence electrons. The van der Waals surface area contributed by atoms with Crippen LogP contribution in [0.3, 0.4) is 0 Å². The van der Waals surface area contributed by atoms with Crippen LogP contribution in [-0.2, 0) is 6.54 Å². The molecule has 2 N–H and O–H groups in total. The van der Waals surface area contributed by atoms with Gasteiger partial charge >= 0.3 is 6.61 Å². The molecule has 0 aliphatic heterocycles. The quantitative estimate of drug-likeness (QED) is 0.167. The van der Waals surface area contributed by atoms with Crippen molar-refractivity contribution in [2.24, 2.45) is 4.99 Å². The minimum atomic E-state index is -2.89. The van der Waals surface area contributed by atoms with Crippen molar-refractivity contribution in [3.8, 4) is 11.5 Å². The van der Waals surface area contributed by atoms with Gasteiger partial charge in [0.1, 0.15) is 11.5 Å². The minimum absolute atomic E-state index is 0. The molecule has 1 aromatic rings. The Morgan fingerprint density at radius 1 is 1.20 bits per heavy atom. The van der Waals surface area contributed by atoms with Crippen LogP contribution >= 0.6 is 24.0 Å². The van der Waals surface area contributed by atoms with E-state index in [2.05, 4.69) is 46.2 Å². The van der Waals surface area contributed by atoms with Gasteiger partial charge in [0.15, 0.2) is 5.96 Å². The third kappa shape index (κ3) is 11.7. The topological polar surface area (TPSA) is 58.1 Å². The Bertz CT molecular complexity index is 619. The van der Waals surface area contributed by atoms with Gasteiger partial charge < -0.3 is 25.0 Å². The Labute approximate surface area is 196 Å². The van der Waals surface area contributed by atoms with Crippen LogP contribution in [0.2, 0.25) is 0 Å². The molecule has 0 bridgehead atoms. The lowest BCUT2D eigenvalue weighted by molar-refractivity contribution is -0.0505. The summed E-state index contributed by atoms with van der Waals surface area (Å²) in [5, 5.41) is 6.39. The van der Waals surface area contributed by atoms with Crippen molar-refractivity contribution >= 4 is 29.9 Å². The molecule has 0 aliphatic carbocycles. The molecular formula is C21H37F2IN4O2. The van der Waals surface area contributed by atoms with Crippen molar-refractivity contribution in [2.45, 2.75) is 59.2 Å². The third-order valence-corrected chi connectivity index (χ3v) is 4.51. The lowest BCUT2D eigenvalue weighted by Crippen LogP contribution is -2.37. The van der Waals surface area contributed by atoms with Crippen molar-refractivity contribution in [1.82, 2.24) is 15.5 Å². The van der Waals surface area contributed by atoms with Gasteiger partial charge in [-0.15, -0.1) is 24.0 Å². The first-order valence-corrected chi connectivity index (χ1v) is 10.2. The predicted octanol–water partition coefficient (Wildman–Crippen LogP) is 4.48. The average Bonchev–Trinajstić information content (AvgIpc) is 2.68. The molecule has 0 spiro atoms. The Morgan fingerprint density at radius 2 is 1.93 bits per heavy atom. The number of aliphatic imine (C=N–C) groups is 1. The maximum atomic E-state index is 12.8. The zero-order valence-corrected chi connectivity index (χ0v) is 21.0. The number of hydrogen-bond donors (Lipinski definition) is 2. The van der Waals surface area contributed by atoms with E-state index in [9.17, 15) is 8.78 Å². The summed E-state index contributed by atoms with van der Waals surface area (Å²) in [6, 6.07) is 5.53. The second-order valence-corrected chi connectivity index (χ2v) is 7.13. The summed E-state index contributed by atoms with van der Waals surface area (Å²) in [7, 11) is 3.80. The molecule has 0 amide bonds. The van der Waals surface area contributed by atoms with E-state index in [0.29, 0.717) is 36.5 Å². The fourth-order valence-electron chi connectivity index (χ4n) is 2.55. The Morgan fingerprint density at radius 3 is 2.53 bits per heavy atom. The normalized spacial score (nSPS) is 11.6. The number of nitrogens with zero attached hydrogens (tertiary/aromatic N) is 2. The number of unbranched alkanes of at least 4 members (excludes halogenated alkanes) is 1. The van der Waals surface area contributed by atoms with Gasteiger partial charge in [-0.2, -0.15) is 8.78 Å². The molecule has 0 aliphatic rings. The van der Waals surface area contributed by atoms with Crippen LogP contribution in [0.1, 0.15) is 45.6 Å². The summed E-state index contributed by atoms with van der Waals surface area (Å²) in [4.78, 5) is 6.49. The van der Waals surface area contributed by atoms with Gasteiger partial charge in [-0.05, 0) is 58.8 Å². The molecular weight excluding hydrogens is 505 g/mol. The third-order valence-electron chi connectivity index (χ3n) is 4.51. The number of hydrogen-bond acceptors (Lipinski definition) is 4. The van der Waals surface area contributed by atoms with Crippen LogP contribution < -0.4 is 20.1 Å². The van der Waals surface area contributed by atoms with E-state index in [-0.39, 0.29) is 29.7 Å². The summed E-state index contributed by atoms with van der Waals surface area (Å²) >= 11 is 0. The summed E-state index contributed by atoms with van der Waals surface area (Å²) in [6.07, 6.45) is 2.94. The summed E-state index contributed by atoms with van der Waals surface area (Å²) in [5.74, 6) is 1.24. The second kappa shape index (κ2) is 16.3. The Hall–Kier alpha value is -1.36. The Kier molecular flexibility index (Phi) is 15.6. The molecule has 30 heavy (non-hydrogen) atoms. The molecule has 6 nitrogen and oxygen atoms in total. The number of halogens is 3. The van der Waals surface area contributed by atoms with Crippen LogP contribution in [0.4, 0.5) is 8.78 Å². The van der Waals surface area contributed by atoms with Gasteiger partial charge in [0.05, 0.1) is 6.61 Å². The van der Waals surface area contributed by atoms with Crippen molar-refractivity contribution in [1.29, 1.82) is 0 Å². The highest BCUT2D eigenvalue weighted by atomic mass is 127. The molecule has 0 aromatic heterocycles. The van der Waals surface area contributed by atoms with Crippen LogP contribution in [0.15, 0.2) is 23.2 Å². The maximum Gasteiger partial charge on any atom is 0.387 e. The lowest BCUT2D eigenvalue weighted by atomic mass is 10.2. The monoisotopic (exact) mass is 542 g/mol. The zero-order valence-electron chi connectivity index (χ0n) is 18.7. The van der Waals surface area contributed by atoms with E-state index < -0.39 is 6.61 Å². The maximum absolute atomic E-state index is 12.8. The van der Waals surface area contributed by atoms with Crippen molar-refractivity contribution in [3.63, 3.8) is 0 Å². The minimum Gasteiger partial charge on any atom is -0.493 e. The second-order valence-electron chi connectivity index (χ2n) is 7.13. The molecule has 1 aromatic carbocycles. The molecule has 0 atom stereocenters. The molecule has 0 saturated heterocycles. The van der Waals surface area contributed by atoms with Gasteiger partial charge in [-0.25, -0.2) is 0 Å². The van der Waals surface area contributed by atoms with Gasteiger partial charge in [0.25, 0.3) is 0 Å². The van der Waals surface area contributed by atoms with Crippen LogP contribution in [0, 0.1) is 0 Å². The molecule has 1 rings (SSSR count). The van der Waals surface area contributed by atoms with Gasteiger partial charge in [0, 0.05) is 37.8 Å². The van der Waals surface area contributed by atoms with Crippen molar-refractivity contribution < 1.29 is 18.3 Å². The van der Waals surface area contributed by atoms with Crippen LogP contribution in [0.25, 0.3) is 0 Å². The number of nitrogens with one attached hydrogen (secondary N) is 2. The fraction of sp³-hybridized carbons (Fsp3) is 0.667. The van der Waals surface area contributed by atoms with E-state index in [0.717, 1.165) is 32.4 Å². The van der Waals surface area contributed by atoms with Crippen molar-refractivity contribution in [2.75, 3.05) is 33.8 Å². The molecule has 0 unspecified atom stereocenters. The first kappa shape index (κ1) is 28.6. The van der Waals surface area contributed by atoms with E-state index >= 15 is 0 Å². The molecule has 0 saturated carbocycles. The SMILES string of the molecule is CCCOc1ccc(CNC(=NC)NCCCCN(C)C(C)C)c(OC(F)F)c1.I. The number of rotatable bonds is 13. The largest absolute Gasteiger partial charge is 0.493 e. The number of ether oxygens (including phenoxy) is 2. The summed E-state index contributed by atoms with van der Waals surface area (Å²) in [6.45, 7) is 6.12. The lowest BCUT2D eigenvalue weighted by Gasteiger charge is -2.20. The molecule has 9 heteroatoms. The van der Waals surface area contributed by atoms with E-state index in [4.69, 9.17) is 4.74 Å². The Balaban J connectivity index is 0.00000841. The smallest absolute Gasteiger partial charge is 0.387 e. The van der Waals surface area contributed by atoms with Gasteiger partial charge in [0.2, 0.25) is 0 Å². The highest BCUT2D eigenvalue weighted by molar-refractivity contribution is 14.0. The van der Waals surface area contributed by atoms with E-state index in [1.807, 2.05) is 6.92 Å². The highest BCUT2D eigenvalue weighted by Gasteiger charge is 2.12. The molecule has 0 heterocycles. The highest BCUT2D eigenvalue weighted by Crippen LogP contribution is 2.26.